The minimum absolute atomic E-state index is 0.232. The SMILES string of the molecule is CCc1ccc(CN2CC(CCl)CC2=O)cc1. The van der Waals surface area contributed by atoms with Crippen molar-refractivity contribution < 1.29 is 4.79 Å². The van der Waals surface area contributed by atoms with Crippen molar-refractivity contribution in [3.8, 4) is 0 Å². The number of benzene rings is 1. The van der Waals surface area contributed by atoms with E-state index in [1.54, 1.807) is 0 Å². The van der Waals surface area contributed by atoms with Gasteiger partial charge in [-0.15, -0.1) is 11.6 Å². The first-order chi connectivity index (χ1) is 8.22. The van der Waals surface area contributed by atoms with Gasteiger partial charge in [-0.25, -0.2) is 0 Å². The summed E-state index contributed by atoms with van der Waals surface area (Å²) in [4.78, 5) is 13.6. The molecule has 0 aliphatic carbocycles. The number of rotatable bonds is 4. The average Bonchev–Trinajstić information content (AvgIpc) is 2.71. The molecule has 2 nitrogen and oxygen atoms in total. The van der Waals surface area contributed by atoms with Gasteiger partial charge in [-0.3, -0.25) is 4.79 Å². The van der Waals surface area contributed by atoms with Gasteiger partial charge in [0.15, 0.2) is 0 Å². The maximum atomic E-state index is 11.7. The molecule has 1 unspecified atom stereocenters. The van der Waals surface area contributed by atoms with Gasteiger partial charge in [0.05, 0.1) is 0 Å². The standard InChI is InChI=1S/C14H18ClNO/c1-2-11-3-5-12(6-4-11)9-16-10-13(8-15)7-14(16)17/h3-6,13H,2,7-10H2,1H3. The van der Waals surface area contributed by atoms with Gasteiger partial charge in [0.25, 0.3) is 0 Å². The zero-order valence-electron chi connectivity index (χ0n) is 10.2. The fourth-order valence-corrected chi connectivity index (χ4v) is 2.42. The van der Waals surface area contributed by atoms with Crippen molar-refractivity contribution in [3.05, 3.63) is 35.4 Å². The van der Waals surface area contributed by atoms with Gasteiger partial charge in [-0.2, -0.15) is 0 Å². The van der Waals surface area contributed by atoms with Crippen molar-refractivity contribution in [3.63, 3.8) is 0 Å². The summed E-state index contributed by atoms with van der Waals surface area (Å²) in [5, 5.41) is 0. The molecule has 0 radical (unpaired) electrons. The molecule has 1 atom stereocenters. The van der Waals surface area contributed by atoms with E-state index in [4.69, 9.17) is 11.6 Å². The molecule has 1 aromatic carbocycles. The molecule has 17 heavy (non-hydrogen) atoms. The second-order valence-corrected chi connectivity index (χ2v) is 4.98. The summed E-state index contributed by atoms with van der Waals surface area (Å²) in [6.07, 6.45) is 1.66. The molecule has 0 bridgehead atoms. The number of amides is 1. The minimum Gasteiger partial charge on any atom is -0.338 e. The number of carbonyl (C=O) groups is 1. The lowest BCUT2D eigenvalue weighted by atomic mass is 10.1. The molecule has 3 heteroatoms. The monoisotopic (exact) mass is 251 g/mol. The van der Waals surface area contributed by atoms with E-state index in [2.05, 4.69) is 31.2 Å². The molecule has 0 spiro atoms. The molecule has 92 valence electrons. The van der Waals surface area contributed by atoms with Gasteiger partial charge in [0.2, 0.25) is 5.91 Å². The molecule has 1 amide bonds. The Labute approximate surface area is 108 Å². The average molecular weight is 252 g/mol. The Morgan fingerprint density at radius 1 is 1.29 bits per heavy atom. The first kappa shape index (κ1) is 12.4. The van der Waals surface area contributed by atoms with E-state index >= 15 is 0 Å². The Bertz CT molecular complexity index is 388. The van der Waals surface area contributed by atoms with Crippen LogP contribution in [0.15, 0.2) is 24.3 Å². The highest BCUT2D eigenvalue weighted by Gasteiger charge is 2.28. The van der Waals surface area contributed by atoms with Crippen LogP contribution in [0.2, 0.25) is 0 Å². The molecule has 2 rings (SSSR count). The fourth-order valence-electron chi connectivity index (χ4n) is 2.21. The number of alkyl halides is 1. The molecule has 0 N–H and O–H groups in total. The highest BCUT2D eigenvalue weighted by atomic mass is 35.5. The van der Waals surface area contributed by atoms with Crippen LogP contribution < -0.4 is 0 Å². The molecular weight excluding hydrogens is 234 g/mol. The van der Waals surface area contributed by atoms with E-state index in [9.17, 15) is 4.79 Å². The van der Waals surface area contributed by atoms with Crippen LogP contribution in [0.4, 0.5) is 0 Å². The van der Waals surface area contributed by atoms with Crippen LogP contribution in [0.3, 0.4) is 0 Å². The van der Waals surface area contributed by atoms with Gasteiger partial charge in [0, 0.05) is 25.4 Å². The van der Waals surface area contributed by atoms with Gasteiger partial charge < -0.3 is 4.90 Å². The van der Waals surface area contributed by atoms with Crippen LogP contribution >= 0.6 is 11.6 Å². The Morgan fingerprint density at radius 3 is 2.47 bits per heavy atom. The number of likely N-dealkylation sites (tertiary alicyclic amines) is 1. The summed E-state index contributed by atoms with van der Waals surface area (Å²) in [5.41, 5.74) is 2.53. The lowest BCUT2D eigenvalue weighted by molar-refractivity contribution is -0.128. The van der Waals surface area contributed by atoms with Crippen LogP contribution in [0, 0.1) is 5.92 Å². The number of aryl methyl sites for hydroxylation is 1. The van der Waals surface area contributed by atoms with Crippen molar-refractivity contribution in [1.82, 2.24) is 4.90 Å². The molecule has 1 fully saturated rings. The Balaban J connectivity index is 1.98. The van der Waals surface area contributed by atoms with Crippen molar-refractivity contribution in [1.29, 1.82) is 0 Å². The molecule has 0 saturated carbocycles. The highest BCUT2D eigenvalue weighted by Crippen LogP contribution is 2.21. The molecule has 1 aromatic rings. The third-order valence-electron chi connectivity index (χ3n) is 3.32. The van der Waals surface area contributed by atoms with Crippen LogP contribution in [-0.4, -0.2) is 23.2 Å². The normalized spacial score (nSPS) is 20.0. The van der Waals surface area contributed by atoms with Crippen LogP contribution in [0.25, 0.3) is 0 Å². The number of hydrogen-bond donors (Lipinski definition) is 0. The van der Waals surface area contributed by atoms with E-state index < -0.39 is 0 Å². The highest BCUT2D eigenvalue weighted by molar-refractivity contribution is 6.18. The number of carbonyl (C=O) groups excluding carboxylic acids is 1. The van der Waals surface area contributed by atoms with Crippen LogP contribution in [0.1, 0.15) is 24.5 Å². The van der Waals surface area contributed by atoms with E-state index in [-0.39, 0.29) is 5.91 Å². The molecule has 1 aliphatic heterocycles. The second kappa shape index (κ2) is 5.54. The van der Waals surface area contributed by atoms with Gasteiger partial charge >= 0.3 is 0 Å². The van der Waals surface area contributed by atoms with Crippen LogP contribution in [-0.2, 0) is 17.8 Å². The van der Waals surface area contributed by atoms with Crippen LogP contribution in [0.5, 0.6) is 0 Å². The van der Waals surface area contributed by atoms with Crippen molar-refractivity contribution >= 4 is 17.5 Å². The number of nitrogens with zero attached hydrogens (tertiary/aromatic N) is 1. The number of halogens is 1. The largest absolute Gasteiger partial charge is 0.338 e. The third kappa shape index (κ3) is 3.01. The molecule has 1 heterocycles. The predicted octanol–water partition coefficient (Wildman–Crippen LogP) is 2.84. The molecular formula is C14H18ClNO. The summed E-state index contributed by atoms with van der Waals surface area (Å²) in [7, 11) is 0. The summed E-state index contributed by atoms with van der Waals surface area (Å²) in [6.45, 7) is 3.66. The topological polar surface area (TPSA) is 20.3 Å². The third-order valence-corrected chi connectivity index (χ3v) is 3.75. The predicted molar refractivity (Wildman–Crippen MR) is 70.1 cm³/mol. The minimum atomic E-state index is 0.232. The van der Waals surface area contributed by atoms with E-state index in [0.717, 1.165) is 19.5 Å². The Morgan fingerprint density at radius 2 is 1.94 bits per heavy atom. The Hall–Kier alpha value is -1.02. The summed E-state index contributed by atoms with van der Waals surface area (Å²) >= 11 is 5.80. The second-order valence-electron chi connectivity index (χ2n) is 4.67. The van der Waals surface area contributed by atoms with Gasteiger partial charge in [-0.1, -0.05) is 31.2 Å². The van der Waals surface area contributed by atoms with Crippen molar-refractivity contribution in [2.24, 2.45) is 5.92 Å². The lowest BCUT2D eigenvalue weighted by Gasteiger charge is -2.16. The number of hydrogen-bond acceptors (Lipinski definition) is 1. The summed E-state index contributed by atoms with van der Waals surface area (Å²) in [5.74, 6) is 1.14. The van der Waals surface area contributed by atoms with Crippen molar-refractivity contribution in [2.75, 3.05) is 12.4 Å². The van der Waals surface area contributed by atoms with Gasteiger partial charge in [-0.05, 0) is 23.5 Å². The smallest absolute Gasteiger partial charge is 0.223 e. The van der Waals surface area contributed by atoms with E-state index in [0.29, 0.717) is 18.2 Å². The van der Waals surface area contributed by atoms with E-state index in [1.165, 1.54) is 11.1 Å². The molecule has 1 aliphatic rings. The fraction of sp³-hybridized carbons (Fsp3) is 0.500. The van der Waals surface area contributed by atoms with Crippen molar-refractivity contribution in [2.45, 2.75) is 26.3 Å². The first-order valence-corrected chi connectivity index (χ1v) is 6.68. The quantitative estimate of drug-likeness (QED) is 0.754. The maximum absolute atomic E-state index is 11.7. The zero-order valence-corrected chi connectivity index (χ0v) is 10.9. The maximum Gasteiger partial charge on any atom is 0.223 e. The van der Waals surface area contributed by atoms with Gasteiger partial charge in [0.1, 0.15) is 0 Å². The molecule has 1 saturated heterocycles. The zero-order chi connectivity index (χ0) is 12.3. The van der Waals surface area contributed by atoms with E-state index in [1.807, 2.05) is 4.90 Å². The molecule has 0 aromatic heterocycles. The summed E-state index contributed by atoms with van der Waals surface area (Å²) < 4.78 is 0. The lowest BCUT2D eigenvalue weighted by Crippen LogP contribution is -2.24. The summed E-state index contributed by atoms with van der Waals surface area (Å²) in [6, 6.07) is 8.49. The Kier molecular flexibility index (Phi) is 4.06. The first-order valence-electron chi connectivity index (χ1n) is 6.14.